The molecular weight excluding hydrogens is 320 g/mol. The molecule has 3 rings (SSSR count). The maximum atomic E-state index is 12.3. The van der Waals surface area contributed by atoms with Gasteiger partial charge in [-0.05, 0) is 24.6 Å². The van der Waals surface area contributed by atoms with Crippen molar-refractivity contribution in [2.75, 3.05) is 6.61 Å². The maximum absolute atomic E-state index is 12.3. The van der Waals surface area contributed by atoms with Crippen LogP contribution in [0, 0.1) is 0 Å². The zero-order valence-corrected chi connectivity index (χ0v) is 13.8. The number of carbonyl (C=O) groups excluding carboxylic acids is 1. The van der Waals surface area contributed by atoms with Crippen LogP contribution >= 0.6 is 0 Å². The summed E-state index contributed by atoms with van der Waals surface area (Å²) in [6.45, 7) is 2.28. The van der Waals surface area contributed by atoms with Crippen molar-refractivity contribution < 1.29 is 19.4 Å². The van der Waals surface area contributed by atoms with Crippen LogP contribution in [0.3, 0.4) is 0 Å². The summed E-state index contributed by atoms with van der Waals surface area (Å²) >= 11 is 0. The molecule has 1 N–H and O–H groups in total. The minimum atomic E-state index is -0.673. The monoisotopic (exact) mass is 338 g/mol. The molecule has 128 valence electrons. The number of fused-ring (bicyclic) bond motifs is 1. The van der Waals surface area contributed by atoms with E-state index in [1.807, 2.05) is 6.92 Å². The summed E-state index contributed by atoms with van der Waals surface area (Å²) in [5, 5.41) is 11.5. The van der Waals surface area contributed by atoms with Crippen LogP contribution in [-0.2, 0) is 4.74 Å². The van der Waals surface area contributed by atoms with Gasteiger partial charge in [-0.3, -0.25) is 4.98 Å². The fraction of sp³-hybridized carbons (Fsp3) is 0.211. The van der Waals surface area contributed by atoms with Crippen molar-refractivity contribution in [3.63, 3.8) is 0 Å². The van der Waals surface area contributed by atoms with Gasteiger partial charge in [0.25, 0.3) is 0 Å². The van der Waals surface area contributed by atoms with E-state index in [0.29, 0.717) is 16.5 Å². The molecule has 0 aliphatic rings. The van der Waals surface area contributed by atoms with Gasteiger partial charge in [0.05, 0.1) is 12.8 Å². The molecule has 25 heavy (non-hydrogen) atoms. The molecule has 0 saturated heterocycles. The summed E-state index contributed by atoms with van der Waals surface area (Å²) in [4.78, 5) is 20.5. The summed E-state index contributed by atoms with van der Waals surface area (Å²) in [5.41, 5.74) is -0.159. The summed E-state index contributed by atoms with van der Waals surface area (Å²) in [7, 11) is 0. The molecule has 0 fully saturated rings. The van der Waals surface area contributed by atoms with Gasteiger partial charge in [-0.2, -0.15) is 0 Å². The average molecular weight is 338 g/mol. The second-order valence-electron chi connectivity index (χ2n) is 5.44. The van der Waals surface area contributed by atoms with E-state index in [9.17, 15) is 9.90 Å². The first-order valence-corrected chi connectivity index (χ1v) is 8.07. The number of rotatable bonds is 6. The van der Waals surface area contributed by atoms with Crippen LogP contribution in [0.4, 0.5) is 0 Å². The summed E-state index contributed by atoms with van der Waals surface area (Å²) in [6.07, 6.45) is 4.83. The molecule has 0 aliphatic carbocycles. The summed E-state index contributed by atoms with van der Waals surface area (Å²) < 4.78 is 10.9. The Labute approximate surface area is 145 Å². The molecule has 3 aromatic rings. The van der Waals surface area contributed by atoms with Gasteiger partial charge in [0.2, 0.25) is 5.88 Å². The lowest BCUT2D eigenvalue weighted by Crippen LogP contribution is -2.10. The minimum absolute atomic E-state index is 0.159. The predicted molar refractivity (Wildman–Crippen MR) is 92.9 cm³/mol. The number of aromatic nitrogens is 2. The highest BCUT2D eigenvalue weighted by Crippen LogP contribution is 2.35. The van der Waals surface area contributed by atoms with Crippen molar-refractivity contribution in [3.05, 3.63) is 54.5 Å². The van der Waals surface area contributed by atoms with Gasteiger partial charge in [-0.15, -0.1) is 0 Å². The smallest absolute Gasteiger partial charge is 0.360 e. The van der Waals surface area contributed by atoms with E-state index in [2.05, 4.69) is 9.97 Å². The predicted octanol–water partition coefficient (Wildman–Crippen LogP) is 4.08. The fourth-order valence-corrected chi connectivity index (χ4v) is 2.34. The first kappa shape index (κ1) is 16.7. The first-order valence-electron chi connectivity index (χ1n) is 8.07. The van der Waals surface area contributed by atoms with Crippen LogP contribution in [0.5, 0.6) is 17.4 Å². The third-order valence-electron chi connectivity index (χ3n) is 3.62. The van der Waals surface area contributed by atoms with Gasteiger partial charge in [-0.25, -0.2) is 9.78 Å². The van der Waals surface area contributed by atoms with Gasteiger partial charge in [0.1, 0.15) is 5.75 Å². The zero-order valence-electron chi connectivity index (χ0n) is 13.8. The number of esters is 1. The number of aromatic hydroxyl groups is 1. The SMILES string of the molecule is CCCCOC(=O)c1nc(Oc2cccnc2)c2ccccc2c1O. The molecule has 1 aromatic carbocycles. The van der Waals surface area contributed by atoms with Gasteiger partial charge in [-0.1, -0.05) is 31.5 Å². The lowest BCUT2D eigenvalue weighted by atomic mass is 10.1. The highest BCUT2D eigenvalue weighted by Gasteiger charge is 2.21. The van der Waals surface area contributed by atoms with Crippen LogP contribution in [0.15, 0.2) is 48.8 Å². The third-order valence-corrected chi connectivity index (χ3v) is 3.62. The van der Waals surface area contributed by atoms with Crippen LogP contribution in [0.2, 0.25) is 0 Å². The Morgan fingerprint density at radius 2 is 1.96 bits per heavy atom. The molecule has 6 nitrogen and oxygen atoms in total. The first-order chi connectivity index (χ1) is 12.2. The second-order valence-corrected chi connectivity index (χ2v) is 5.44. The van der Waals surface area contributed by atoms with E-state index in [0.717, 1.165) is 12.8 Å². The largest absolute Gasteiger partial charge is 0.505 e. The Morgan fingerprint density at radius 1 is 1.16 bits per heavy atom. The van der Waals surface area contributed by atoms with E-state index in [1.54, 1.807) is 48.8 Å². The molecule has 0 atom stereocenters. The Balaban J connectivity index is 2.03. The molecule has 2 aromatic heterocycles. The van der Waals surface area contributed by atoms with E-state index in [-0.39, 0.29) is 23.9 Å². The lowest BCUT2D eigenvalue weighted by Gasteiger charge is -2.12. The van der Waals surface area contributed by atoms with Gasteiger partial charge >= 0.3 is 5.97 Å². The molecule has 0 unspecified atom stereocenters. The Morgan fingerprint density at radius 3 is 2.68 bits per heavy atom. The highest BCUT2D eigenvalue weighted by molar-refractivity contribution is 6.01. The Kier molecular flexibility index (Phi) is 5.09. The fourth-order valence-electron chi connectivity index (χ4n) is 2.34. The Bertz CT molecular complexity index is 881. The lowest BCUT2D eigenvalue weighted by molar-refractivity contribution is 0.0489. The van der Waals surface area contributed by atoms with Crippen molar-refractivity contribution >= 4 is 16.7 Å². The number of ether oxygens (including phenoxy) is 2. The second kappa shape index (κ2) is 7.61. The van der Waals surface area contributed by atoms with Crippen molar-refractivity contribution in [2.45, 2.75) is 19.8 Å². The molecular formula is C19H18N2O4. The van der Waals surface area contributed by atoms with Crippen LogP contribution in [0.1, 0.15) is 30.3 Å². The van der Waals surface area contributed by atoms with Crippen LogP contribution < -0.4 is 4.74 Å². The molecule has 0 amide bonds. The van der Waals surface area contributed by atoms with E-state index >= 15 is 0 Å². The summed E-state index contributed by atoms with van der Waals surface area (Å²) in [5.74, 6) is -0.191. The van der Waals surface area contributed by atoms with E-state index < -0.39 is 5.97 Å². The van der Waals surface area contributed by atoms with Crippen LogP contribution in [0.25, 0.3) is 10.8 Å². The number of pyridine rings is 2. The molecule has 6 heteroatoms. The minimum Gasteiger partial charge on any atom is -0.505 e. The molecule has 0 saturated carbocycles. The van der Waals surface area contributed by atoms with Crippen molar-refractivity contribution in [1.82, 2.24) is 9.97 Å². The molecule has 0 radical (unpaired) electrons. The van der Waals surface area contributed by atoms with E-state index in [1.165, 1.54) is 0 Å². The molecule has 0 bridgehead atoms. The highest BCUT2D eigenvalue weighted by atomic mass is 16.5. The quantitative estimate of drug-likeness (QED) is 0.538. The number of hydrogen-bond donors (Lipinski definition) is 1. The number of benzene rings is 1. The number of unbranched alkanes of at least 4 members (excludes halogenated alkanes) is 1. The Hall–Kier alpha value is -3.15. The average Bonchev–Trinajstić information content (AvgIpc) is 2.65. The molecule has 2 heterocycles. The summed E-state index contributed by atoms with van der Waals surface area (Å²) in [6, 6.07) is 10.5. The van der Waals surface area contributed by atoms with Gasteiger partial charge < -0.3 is 14.6 Å². The van der Waals surface area contributed by atoms with Crippen LogP contribution in [-0.4, -0.2) is 27.7 Å². The van der Waals surface area contributed by atoms with Gasteiger partial charge in [0.15, 0.2) is 11.4 Å². The molecule has 0 spiro atoms. The number of nitrogens with zero attached hydrogens (tertiary/aromatic N) is 2. The standard InChI is InChI=1S/C19H18N2O4/c1-2-3-11-24-19(23)16-17(22)14-8-4-5-9-15(14)18(21-16)25-13-7-6-10-20-12-13/h4-10,12,22H,2-3,11H2,1H3. The van der Waals surface area contributed by atoms with Crippen molar-refractivity contribution in [3.8, 4) is 17.4 Å². The van der Waals surface area contributed by atoms with Crippen molar-refractivity contribution in [2.24, 2.45) is 0 Å². The normalized spacial score (nSPS) is 10.6. The maximum Gasteiger partial charge on any atom is 0.360 e. The number of hydrogen-bond acceptors (Lipinski definition) is 6. The molecule has 0 aliphatic heterocycles. The number of carbonyl (C=O) groups is 1. The van der Waals surface area contributed by atoms with Gasteiger partial charge in [0, 0.05) is 17.0 Å². The van der Waals surface area contributed by atoms with E-state index in [4.69, 9.17) is 9.47 Å². The van der Waals surface area contributed by atoms with Crippen molar-refractivity contribution in [1.29, 1.82) is 0 Å². The topological polar surface area (TPSA) is 81.5 Å². The zero-order chi connectivity index (χ0) is 17.6. The third kappa shape index (κ3) is 3.68.